The Bertz CT molecular complexity index is 659. The molecule has 0 aliphatic carbocycles. The molecule has 0 amide bonds. The molecule has 0 spiro atoms. The van der Waals surface area contributed by atoms with Crippen LogP contribution in [0.25, 0.3) is 0 Å². The molecule has 1 aromatic heterocycles. The van der Waals surface area contributed by atoms with Gasteiger partial charge in [-0.25, -0.2) is 4.79 Å². The van der Waals surface area contributed by atoms with Crippen molar-refractivity contribution >= 4 is 0 Å². The van der Waals surface area contributed by atoms with Crippen LogP contribution in [0.3, 0.4) is 0 Å². The number of hydrogen-bond donors (Lipinski definition) is 0. The predicted octanol–water partition coefficient (Wildman–Crippen LogP) is 1.16. The zero-order chi connectivity index (χ0) is 13.9. The van der Waals surface area contributed by atoms with Crippen molar-refractivity contribution < 1.29 is 13.9 Å². The fourth-order valence-electron chi connectivity index (χ4n) is 2.30. The third-order valence-electron chi connectivity index (χ3n) is 3.28. The Kier molecular flexibility index (Phi) is 3.56. The predicted molar refractivity (Wildman–Crippen MR) is 70.8 cm³/mol. The lowest BCUT2D eigenvalue weighted by atomic mass is 10.1. The van der Waals surface area contributed by atoms with Crippen LogP contribution in [0.1, 0.15) is 17.0 Å². The van der Waals surface area contributed by atoms with Gasteiger partial charge in [-0.15, -0.1) is 5.10 Å². The fourth-order valence-corrected chi connectivity index (χ4v) is 2.30. The summed E-state index contributed by atoms with van der Waals surface area (Å²) < 4.78 is 16.7. The highest BCUT2D eigenvalue weighted by molar-refractivity contribution is 5.39. The zero-order valence-electron chi connectivity index (χ0n) is 11.3. The Labute approximate surface area is 115 Å². The second-order valence-corrected chi connectivity index (χ2v) is 4.71. The quantitative estimate of drug-likeness (QED) is 0.820. The Balaban J connectivity index is 1.68. The van der Waals surface area contributed by atoms with Crippen molar-refractivity contribution in [1.82, 2.24) is 9.78 Å². The average molecular weight is 276 g/mol. The number of rotatable bonds is 5. The second-order valence-electron chi connectivity index (χ2n) is 4.71. The van der Waals surface area contributed by atoms with Crippen LogP contribution < -0.4 is 10.5 Å². The summed E-state index contributed by atoms with van der Waals surface area (Å²) in [5.74, 6) is 0.830. The lowest BCUT2D eigenvalue weighted by Crippen LogP contribution is -2.17. The summed E-state index contributed by atoms with van der Waals surface area (Å²) in [5.41, 5.74) is 2.40. The minimum atomic E-state index is -0.443. The number of hydrogen-bond acceptors (Lipinski definition) is 5. The molecule has 3 rings (SSSR count). The summed E-state index contributed by atoms with van der Waals surface area (Å²) in [6, 6.07) is 6.13. The number of ether oxygens (including phenoxy) is 2. The molecule has 0 radical (unpaired) electrons. The third kappa shape index (κ3) is 2.60. The molecule has 2 aromatic rings. The van der Waals surface area contributed by atoms with Crippen molar-refractivity contribution in [3.05, 3.63) is 45.8 Å². The maximum absolute atomic E-state index is 11.6. The number of aryl methyl sites for hydroxylation is 2. The highest BCUT2D eigenvalue weighted by Crippen LogP contribution is 2.26. The van der Waals surface area contributed by atoms with Crippen LogP contribution in [-0.4, -0.2) is 23.5 Å². The largest absolute Gasteiger partial charge is 0.493 e. The van der Waals surface area contributed by atoms with E-state index in [2.05, 4.69) is 11.2 Å². The SMILES string of the molecule is COCc1nn(CCc2ccc3c(c2)CCO3)c(=O)o1. The molecule has 0 unspecified atom stereocenters. The van der Waals surface area contributed by atoms with Gasteiger partial charge in [0.25, 0.3) is 0 Å². The maximum Gasteiger partial charge on any atom is 0.437 e. The van der Waals surface area contributed by atoms with E-state index < -0.39 is 5.76 Å². The summed E-state index contributed by atoms with van der Waals surface area (Å²) in [6.45, 7) is 1.45. The van der Waals surface area contributed by atoms with Gasteiger partial charge in [-0.2, -0.15) is 4.68 Å². The van der Waals surface area contributed by atoms with E-state index in [0.717, 1.165) is 30.8 Å². The Hall–Kier alpha value is -2.08. The van der Waals surface area contributed by atoms with E-state index in [1.54, 1.807) is 0 Å². The number of methoxy groups -OCH3 is 1. The molecule has 0 atom stereocenters. The van der Waals surface area contributed by atoms with Crippen LogP contribution >= 0.6 is 0 Å². The summed E-state index contributed by atoms with van der Waals surface area (Å²) in [7, 11) is 1.53. The minimum absolute atomic E-state index is 0.207. The first kappa shape index (κ1) is 12.9. The number of fused-ring (bicyclic) bond motifs is 1. The van der Waals surface area contributed by atoms with Gasteiger partial charge in [0.1, 0.15) is 12.4 Å². The van der Waals surface area contributed by atoms with Gasteiger partial charge in [0.15, 0.2) is 0 Å². The molecular weight excluding hydrogens is 260 g/mol. The molecule has 106 valence electrons. The highest BCUT2D eigenvalue weighted by Gasteiger charge is 2.12. The Morgan fingerprint density at radius 2 is 2.35 bits per heavy atom. The van der Waals surface area contributed by atoms with Crippen LogP contribution in [0, 0.1) is 0 Å². The molecular formula is C14H16N2O4. The summed E-state index contributed by atoms with van der Waals surface area (Å²) >= 11 is 0. The van der Waals surface area contributed by atoms with E-state index in [4.69, 9.17) is 13.9 Å². The molecule has 0 fully saturated rings. The van der Waals surface area contributed by atoms with Crippen LogP contribution in [0.15, 0.2) is 27.4 Å². The van der Waals surface area contributed by atoms with E-state index in [9.17, 15) is 4.79 Å². The van der Waals surface area contributed by atoms with Crippen molar-refractivity contribution in [1.29, 1.82) is 0 Å². The van der Waals surface area contributed by atoms with Crippen LogP contribution in [0.4, 0.5) is 0 Å². The van der Waals surface area contributed by atoms with Crippen LogP contribution in [0.5, 0.6) is 5.75 Å². The summed E-state index contributed by atoms with van der Waals surface area (Å²) in [4.78, 5) is 11.6. The van der Waals surface area contributed by atoms with Gasteiger partial charge < -0.3 is 13.9 Å². The van der Waals surface area contributed by atoms with Gasteiger partial charge in [0.2, 0.25) is 5.89 Å². The molecule has 6 nitrogen and oxygen atoms in total. The fraction of sp³-hybridized carbons (Fsp3) is 0.429. The molecule has 0 N–H and O–H groups in total. The molecule has 2 heterocycles. The zero-order valence-corrected chi connectivity index (χ0v) is 11.3. The number of nitrogens with zero attached hydrogens (tertiary/aromatic N) is 2. The average Bonchev–Trinajstić information content (AvgIpc) is 3.03. The van der Waals surface area contributed by atoms with E-state index in [0.29, 0.717) is 12.4 Å². The normalized spacial score (nSPS) is 13.2. The Morgan fingerprint density at radius 3 is 3.20 bits per heavy atom. The monoisotopic (exact) mass is 276 g/mol. The van der Waals surface area contributed by atoms with Crippen molar-refractivity contribution in [3.63, 3.8) is 0 Å². The van der Waals surface area contributed by atoms with Crippen molar-refractivity contribution in [2.24, 2.45) is 0 Å². The summed E-state index contributed by atoms with van der Waals surface area (Å²) in [6.07, 6.45) is 1.68. The molecule has 1 aromatic carbocycles. The minimum Gasteiger partial charge on any atom is -0.493 e. The number of benzene rings is 1. The van der Waals surface area contributed by atoms with Crippen molar-refractivity contribution in [2.45, 2.75) is 26.0 Å². The molecule has 0 saturated heterocycles. The van der Waals surface area contributed by atoms with Gasteiger partial charge in [-0.3, -0.25) is 0 Å². The van der Waals surface area contributed by atoms with Gasteiger partial charge in [0, 0.05) is 13.5 Å². The van der Waals surface area contributed by atoms with E-state index in [1.165, 1.54) is 17.4 Å². The van der Waals surface area contributed by atoms with Gasteiger partial charge in [-0.05, 0) is 23.6 Å². The molecule has 0 saturated carbocycles. The first-order valence-electron chi connectivity index (χ1n) is 6.56. The van der Waals surface area contributed by atoms with Gasteiger partial charge in [0.05, 0.1) is 13.2 Å². The lowest BCUT2D eigenvalue weighted by Gasteiger charge is -2.03. The van der Waals surface area contributed by atoms with Gasteiger partial charge in [-0.1, -0.05) is 12.1 Å². The first-order valence-corrected chi connectivity index (χ1v) is 6.56. The second kappa shape index (κ2) is 5.50. The molecule has 1 aliphatic heterocycles. The standard InChI is InChI=1S/C14H16N2O4/c1-18-9-13-15-16(14(17)20-13)6-4-10-2-3-12-11(8-10)5-7-19-12/h2-3,8H,4-7,9H2,1H3. The highest BCUT2D eigenvalue weighted by atomic mass is 16.5. The van der Waals surface area contributed by atoms with Crippen molar-refractivity contribution in [2.75, 3.05) is 13.7 Å². The molecule has 6 heteroatoms. The van der Waals surface area contributed by atoms with E-state index >= 15 is 0 Å². The van der Waals surface area contributed by atoms with Gasteiger partial charge >= 0.3 is 5.76 Å². The van der Waals surface area contributed by atoms with Crippen LogP contribution in [0.2, 0.25) is 0 Å². The third-order valence-corrected chi connectivity index (χ3v) is 3.28. The maximum atomic E-state index is 11.6. The molecule has 20 heavy (non-hydrogen) atoms. The lowest BCUT2D eigenvalue weighted by molar-refractivity contribution is 0.158. The number of aromatic nitrogens is 2. The molecule has 0 bridgehead atoms. The Morgan fingerprint density at radius 1 is 1.45 bits per heavy atom. The van der Waals surface area contributed by atoms with E-state index in [1.807, 2.05) is 12.1 Å². The van der Waals surface area contributed by atoms with E-state index in [-0.39, 0.29) is 6.61 Å². The molecule has 1 aliphatic rings. The summed E-state index contributed by atoms with van der Waals surface area (Å²) in [5, 5.41) is 4.07. The topological polar surface area (TPSA) is 66.5 Å². The first-order chi connectivity index (χ1) is 9.76. The van der Waals surface area contributed by atoms with Crippen LogP contribution in [-0.2, 0) is 30.7 Å². The van der Waals surface area contributed by atoms with Crippen molar-refractivity contribution in [3.8, 4) is 5.75 Å². The smallest absolute Gasteiger partial charge is 0.437 e.